The molecule has 0 bridgehead atoms. The van der Waals surface area contributed by atoms with E-state index in [9.17, 15) is 17.6 Å². The van der Waals surface area contributed by atoms with Crippen LogP contribution in [0, 0.1) is 12.7 Å². The van der Waals surface area contributed by atoms with Crippen molar-refractivity contribution in [1.82, 2.24) is 0 Å². The SMILES string of the molecule is Cc1cc(F)ccc1C(N)c1cc(C(F)(F)F)ccc1Br. The highest BCUT2D eigenvalue weighted by Crippen LogP contribution is 2.35. The van der Waals surface area contributed by atoms with Crippen LogP contribution in [-0.4, -0.2) is 0 Å². The third kappa shape index (κ3) is 3.44. The van der Waals surface area contributed by atoms with Crippen molar-refractivity contribution in [3.8, 4) is 0 Å². The molecule has 2 N–H and O–H groups in total. The molecule has 0 saturated heterocycles. The molecule has 21 heavy (non-hydrogen) atoms. The first-order chi connectivity index (χ1) is 9.70. The van der Waals surface area contributed by atoms with Crippen molar-refractivity contribution in [2.24, 2.45) is 5.73 Å². The zero-order valence-electron chi connectivity index (χ0n) is 11.0. The molecule has 0 spiro atoms. The highest BCUT2D eigenvalue weighted by Gasteiger charge is 2.31. The van der Waals surface area contributed by atoms with Crippen LogP contribution in [0.4, 0.5) is 17.6 Å². The normalized spacial score (nSPS) is 13.3. The molecule has 0 saturated carbocycles. The number of nitrogens with two attached hydrogens (primary N) is 1. The van der Waals surface area contributed by atoms with E-state index in [2.05, 4.69) is 15.9 Å². The van der Waals surface area contributed by atoms with Crippen molar-refractivity contribution in [2.45, 2.75) is 19.1 Å². The average molecular weight is 362 g/mol. The topological polar surface area (TPSA) is 26.0 Å². The molecule has 1 unspecified atom stereocenters. The molecule has 0 heterocycles. The van der Waals surface area contributed by atoms with Gasteiger partial charge in [0.25, 0.3) is 0 Å². The van der Waals surface area contributed by atoms with E-state index >= 15 is 0 Å². The molecule has 6 heteroatoms. The zero-order valence-corrected chi connectivity index (χ0v) is 12.6. The third-order valence-corrected chi connectivity index (χ3v) is 3.95. The number of rotatable bonds is 2. The first-order valence-electron chi connectivity index (χ1n) is 6.08. The quantitative estimate of drug-likeness (QED) is 0.751. The van der Waals surface area contributed by atoms with Gasteiger partial charge in [-0.2, -0.15) is 13.2 Å². The van der Waals surface area contributed by atoms with Gasteiger partial charge in [-0.3, -0.25) is 0 Å². The standard InChI is InChI=1S/C15H12BrF4N/c1-8-6-10(17)3-4-11(8)14(21)12-7-9(15(18,19)20)2-5-13(12)16/h2-7,14H,21H2,1H3. The minimum absolute atomic E-state index is 0.305. The first-order valence-corrected chi connectivity index (χ1v) is 6.87. The van der Waals surface area contributed by atoms with Crippen LogP contribution in [0.15, 0.2) is 40.9 Å². The predicted octanol–water partition coefficient (Wildman–Crippen LogP) is 4.96. The second kappa shape index (κ2) is 5.77. The second-order valence-corrected chi connectivity index (χ2v) is 5.57. The lowest BCUT2D eigenvalue weighted by molar-refractivity contribution is -0.137. The van der Waals surface area contributed by atoms with Gasteiger partial charge in [-0.25, -0.2) is 4.39 Å². The van der Waals surface area contributed by atoms with Gasteiger partial charge in [0.15, 0.2) is 0 Å². The van der Waals surface area contributed by atoms with Crippen LogP contribution in [0.3, 0.4) is 0 Å². The third-order valence-electron chi connectivity index (χ3n) is 3.23. The van der Waals surface area contributed by atoms with Gasteiger partial charge < -0.3 is 5.73 Å². The highest BCUT2D eigenvalue weighted by molar-refractivity contribution is 9.10. The highest BCUT2D eigenvalue weighted by atomic mass is 79.9. The molecule has 112 valence electrons. The van der Waals surface area contributed by atoms with Crippen molar-refractivity contribution >= 4 is 15.9 Å². The van der Waals surface area contributed by atoms with Crippen LogP contribution >= 0.6 is 15.9 Å². The van der Waals surface area contributed by atoms with Gasteiger partial charge in [0.1, 0.15) is 5.82 Å². The summed E-state index contributed by atoms with van der Waals surface area (Å²) in [6.07, 6.45) is -4.44. The number of hydrogen-bond donors (Lipinski definition) is 1. The Bertz CT molecular complexity index is 667. The summed E-state index contributed by atoms with van der Waals surface area (Å²) in [4.78, 5) is 0. The van der Waals surface area contributed by atoms with Crippen LogP contribution in [0.1, 0.15) is 28.3 Å². The molecule has 0 aliphatic rings. The van der Waals surface area contributed by atoms with Crippen molar-refractivity contribution in [3.05, 3.63) is 68.9 Å². The number of alkyl halides is 3. The molecule has 1 nitrogen and oxygen atoms in total. The van der Waals surface area contributed by atoms with Crippen molar-refractivity contribution in [2.75, 3.05) is 0 Å². The second-order valence-electron chi connectivity index (χ2n) is 4.71. The lowest BCUT2D eigenvalue weighted by Crippen LogP contribution is -2.16. The molecule has 0 aliphatic carbocycles. The summed E-state index contributed by atoms with van der Waals surface area (Å²) in [5.41, 5.74) is 6.77. The molecule has 2 rings (SSSR count). The van der Waals surface area contributed by atoms with Gasteiger partial charge in [0.2, 0.25) is 0 Å². The van der Waals surface area contributed by atoms with Crippen molar-refractivity contribution in [3.63, 3.8) is 0 Å². The van der Waals surface area contributed by atoms with E-state index in [-0.39, 0.29) is 0 Å². The van der Waals surface area contributed by atoms with Crippen LogP contribution in [0.2, 0.25) is 0 Å². The maximum absolute atomic E-state index is 13.1. The minimum Gasteiger partial charge on any atom is -0.320 e. The Kier molecular flexibility index (Phi) is 4.39. The van der Waals surface area contributed by atoms with Gasteiger partial charge in [0.05, 0.1) is 11.6 Å². The van der Waals surface area contributed by atoms with Crippen LogP contribution in [0.5, 0.6) is 0 Å². The summed E-state index contributed by atoms with van der Waals surface area (Å²) in [5, 5.41) is 0. The van der Waals surface area contributed by atoms with Crippen LogP contribution < -0.4 is 5.73 Å². The van der Waals surface area contributed by atoms with E-state index in [1.165, 1.54) is 24.3 Å². The maximum atomic E-state index is 13.1. The molecule has 2 aromatic carbocycles. The Morgan fingerprint density at radius 2 is 1.71 bits per heavy atom. The fourth-order valence-electron chi connectivity index (χ4n) is 2.11. The molecular formula is C15H12BrF4N. The van der Waals surface area contributed by atoms with Crippen molar-refractivity contribution in [1.29, 1.82) is 0 Å². The van der Waals surface area contributed by atoms with Crippen molar-refractivity contribution < 1.29 is 17.6 Å². The summed E-state index contributed by atoms with van der Waals surface area (Å²) >= 11 is 3.21. The van der Waals surface area contributed by atoms with E-state index in [0.29, 0.717) is 21.2 Å². The predicted molar refractivity (Wildman–Crippen MR) is 76.3 cm³/mol. The Balaban J connectivity index is 2.50. The van der Waals surface area contributed by atoms with Gasteiger partial charge in [-0.05, 0) is 53.9 Å². The molecular weight excluding hydrogens is 350 g/mol. The van der Waals surface area contributed by atoms with Gasteiger partial charge in [-0.15, -0.1) is 0 Å². The Labute approximate surface area is 127 Å². The number of hydrogen-bond acceptors (Lipinski definition) is 1. The number of aryl methyl sites for hydroxylation is 1. The summed E-state index contributed by atoms with van der Waals surface area (Å²) in [7, 11) is 0. The smallest absolute Gasteiger partial charge is 0.320 e. The molecule has 0 aromatic heterocycles. The molecule has 0 aliphatic heterocycles. The van der Waals surface area contributed by atoms with E-state index in [1.807, 2.05) is 0 Å². The fraction of sp³-hybridized carbons (Fsp3) is 0.200. The Hall–Kier alpha value is -1.40. The van der Waals surface area contributed by atoms with E-state index < -0.39 is 23.6 Å². The number of benzene rings is 2. The monoisotopic (exact) mass is 361 g/mol. The summed E-state index contributed by atoms with van der Waals surface area (Å²) in [6, 6.07) is 6.57. The van der Waals surface area contributed by atoms with E-state index in [0.717, 1.165) is 12.1 Å². The van der Waals surface area contributed by atoms with Crippen LogP contribution in [-0.2, 0) is 6.18 Å². The molecule has 1 atom stereocenters. The van der Waals surface area contributed by atoms with Gasteiger partial charge in [0, 0.05) is 4.47 Å². The summed E-state index contributed by atoms with van der Waals surface area (Å²) < 4.78 is 52.0. The molecule has 0 amide bonds. The number of halogens is 5. The van der Waals surface area contributed by atoms with Gasteiger partial charge in [-0.1, -0.05) is 22.0 Å². The minimum atomic E-state index is -4.44. The Morgan fingerprint density at radius 1 is 1.05 bits per heavy atom. The van der Waals surface area contributed by atoms with Gasteiger partial charge >= 0.3 is 6.18 Å². The lowest BCUT2D eigenvalue weighted by atomic mass is 9.94. The molecule has 2 aromatic rings. The average Bonchev–Trinajstić information content (AvgIpc) is 2.37. The first kappa shape index (κ1) is 16.0. The fourth-order valence-corrected chi connectivity index (χ4v) is 2.61. The molecule has 0 radical (unpaired) electrons. The summed E-state index contributed by atoms with van der Waals surface area (Å²) in [5.74, 6) is -0.411. The van der Waals surface area contributed by atoms with E-state index in [4.69, 9.17) is 5.73 Å². The zero-order chi connectivity index (χ0) is 15.8. The van der Waals surface area contributed by atoms with Crippen LogP contribution in [0.25, 0.3) is 0 Å². The largest absolute Gasteiger partial charge is 0.416 e. The summed E-state index contributed by atoms with van der Waals surface area (Å²) in [6.45, 7) is 1.67. The van der Waals surface area contributed by atoms with E-state index in [1.54, 1.807) is 6.92 Å². The molecule has 0 fully saturated rings. The lowest BCUT2D eigenvalue weighted by Gasteiger charge is -2.18. The maximum Gasteiger partial charge on any atom is 0.416 e. The Morgan fingerprint density at radius 3 is 2.29 bits per heavy atom.